The number of aromatic amines is 1. The van der Waals surface area contributed by atoms with Crippen LogP contribution in [0.3, 0.4) is 0 Å². The second-order valence-electron chi connectivity index (χ2n) is 8.79. The van der Waals surface area contributed by atoms with Gasteiger partial charge in [0.15, 0.2) is 5.82 Å². The molecule has 37 heavy (non-hydrogen) atoms. The van der Waals surface area contributed by atoms with Crippen LogP contribution in [0.2, 0.25) is 0 Å². The van der Waals surface area contributed by atoms with Crippen molar-refractivity contribution in [2.75, 3.05) is 32.4 Å². The van der Waals surface area contributed by atoms with Gasteiger partial charge in [0.05, 0.1) is 24.5 Å². The third-order valence-corrected chi connectivity index (χ3v) is 7.51. The Bertz CT molecular complexity index is 1200. The molecule has 0 aliphatic rings. The summed E-state index contributed by atoms with van der Waals surface area (Å²) in [6, 6.07) is 9.26. The zero-order valence-corrected chi connectivity index (χ0v) is 22.5. The molecule has 0 saturated heterocycles. The van der Waals surface area contributed by atoms with Crippen LogP contribution in [0.15, 0.2) is 48.9 Å². The summed E-state index contributed by atoms with van der Waals surface area (Å²) in [5.74, 6) is 0.511. The van der Waals surface area contributed by atoms with E-state index in [1.54, 1.807) is 7.05 Å². The van der Waals surface area contributed by atoms with Crippen molar-refractivity contribution in [2.45, 2.75) is 45.7 Å². The quantitative estimate of drug-likeness (QED) is 0.306. The number of aromatic nitrogens is 5. The first-order valence-corrected chi connectivity index (χ1v) is 14.2. The van der Waals surface area contributed by atoms with Crippen LogP contribution in [0.5, 0.6) is 0 Å². The van der Waals surface area contributed by atoms with Gasteiger partial charge in [-0.3, -0.25) is 14.9 Å². The van der Waals surface area contributed by atoms with Crippen molar-refractivity contribution in [3.63, 3.8) is 0 Å². The minimum atomic E-state index is -3.56. The molecule has 12 heteroatoms. The average Bonchev–Trinajstić information content (AvgIpc) is 3.38. The van der Waals surface area contributed by atoms with Crippen molar-refractivity contribution in [2.24, 2.45) is 0 Å². The highest BCUT2D eigenvalue weighted by Gasteiger charge is 2.24. The highest BCUT2D eigenvalue weighted by atomic mass is 32.2. The van der Waals surface area contributed by atoms with Gasteiger partial charge in [-0.15, -0.1) is 0 Å². The van der Waals surface area contributed by atoms with Crippen LogP contribution in [0, 0.1) is 0 Å². The molecule has 0 aliphatic carbocycles. The fourth-order valence-corrected chi connectivity index (χ4v) is 5.21. The van der Waals surface area contributed by atoms with Gasteiger partial charge in [-0.1, -0.05) is 44.2 Å². The molecule has 2 N–H and O–H groups in total. The van der Waals surface area contributed by atoms with E-state index in [9.17, 15) is 13.2 Å². The van der Waals surface area contributed by atoms with Crippen molar-refractivity contribution >= 4 is 15.9 Å². The van der Waals surface area contributed by atoms with Gasteiger partial charge >= 0.3 is 0 Å². The van der Waals surface area contributed by atoms with Crippen LogP contribution in [-0.2, 0) is 23.0 Å². The van der Waals surface area contributed by atoms with E-state index in [0.29, 0.717) is 30.9 Å². The Balaban J connectivity index is 1.69. The normalized spacial score (nSPS) is 12.5. The van der Waals surface area contributed by atoms with E-state index in [2.05, 4.69) is 48.6 Å². The molecule has 2 aromatic heterocycles. The number of hydrogen-bond donors (Lipinski definition) is 2. The maximum absolute atomic E-state index is 13.0. The monoisotopic (exact) mass is 528 g/mol. The lowest BCUT2D eigenvalue weighted by atomic mass is 10.1. The summed E-state index contributed by atoms with van der Waals surface area (Å²) in [7, 11) is -1.93. The fourth-order valence-electron chi connectivity index (χ4n) is 3.93. The largest absolute Gasteiger partial charge is 0.333 e. The first kappa shape index (κ1) is 28.4. The van der Waals surface area contributed by atoms with E-state index < -0.39 is 16.1 Å². The van der Waals surface area contributed by atoms with E-state index in [1.807, 2.05) is 30.3 Å². The van der Waals surface area contributed by atoms with Crippen LogP contribution in [0.1, 0.15) is 60.4 Å². The van der Waals surface area contributed by atoms with Gasteiger partial charge in [0.1, 0.15) is 11.5 Å². The minimum Gasteiger partial charge on any atom is -0.333 e. The first-order chi connectivity index (χ1) is 17.8. The standard InChI is InChI=1S/C25H36N8O3S/c1-4-33(5-2)16-9-17-37(35,36)31-21(13-12-20-10-7-6-8-11-20)24-28-23(29-30-24)19-32(3)25(34)22-18-26-14-15-27-22/h6-8,10-11,14-15,18,21,31H,4-5,9,12-13,16-17,19H2,1-3H3,(H,28,29,30)/t21-/m1/s1. The number of sulfonamides is 1. The average molecular weight is 529 g/mol. The fraction of sp³-hybridized carbons (Fsp3) is 0.480. The third kappa shape index (κ3) is 8.99. The number of nitrogens with zero attached hydrogens (tertiary/aromatic N) is 6. The Morgan fingerprint density at radius 3 is 2.57 bits per heavy atom. The molecule has 1 aromatic carbocycles. The number of hydrogen-bond acceptors (Lipinski definition) is 8. The Morgan fingerprint density at radius 1 is 1.14 bits per heavy atom. The molecule has 200 valence electrons. The highest BCUT2D eigenvalue weighted by molar-refractivity contribution is 7.89. The van der Waals surface area contributed by atoms with Gasteiger partial charge in [0, 0.05) is 19.4 Å². The number of benzene rings is 1. The Labute approximate surface area is 218 Å². The molecule has 3 rings (SSSR count). The Kier molecular flexibility index (Phi) is 10.7. The number of rotatable bonds is 15. The van der Waals surface area contributed by atoms with Gasteiger partial charge in [-0.2, -0.15) is 5.10 Å². The first-order valence-electron chi connectivity index (χ1n) is 12.5. The number of nitrogens with one attached hydrogen (secondary N) is 2. The lowest BCUT2D eigenvalue weighted by molar-refractivity contribution is 0.0775. The van der Waals surface area contributed by atoms with Crippen LogP contribution in [0.4, 0.5) is 0 Å². The maximum atomic E-state index is 13.0. The van der Waals surface area contributed by atoms with Gasteiger partial charge in [0.25, 0.3) is 5.91 Å². The molecule has 0 aliphatic heterocycles. The van der Waals surface area contributed by atoms with Gasteiger partial charge in [-0.25, -0.2) is 23.1 Å². The predicted octanol–water partition coefficient (Wildman–Crippen LogP) is 2.19. The summed E-state index contributed by atoms with van der Waals surface area (Å²) in [5, 5.41) is 7.14. The van der Waals surface area contributed by atoms with Crippen molar-refractivity contribution in [3.8, 4) is 0 Å². The lowest BCUT2D eigenvalue weighted by Gasteiger charge is -2.19. The van der Waals surface area contributed by atoms with E-state index in [0.717, 1.165) is 25.2 Å². The number of carbonyl (C=O) groups excluding carboxylic acids is 1. The Hall–Kier alpha value is -3.22. The SMILES string of the molecule is CCN(CC)CCCS(=O)(=O)N[C@H](CCc1ccccc1)c1n[nH]c(CN(C)C(=O)c2cnccn2)n1. The molecule has 1 amide bonds. The van der Waals surface area contributed by atoms with Crippen molar-refractivity contribution in [3.05, 3.63) is 71.8 Å². The molecular formula is C25H36N8O3S. The number of aryl methyl sites for hydroxylation is 1. The van der Waals surface area contributed by atoms with Crippen molar-refractivity contribution in [1.29, 1.82) is 0 Å². The van der Waals surface area contributed by atoms with E-state index >= 15 is 0 Å². The Morgan fingerprint density at radius 2 is 1.89 bits per heavy atom. The van der Waals surface area contributed by atoms with Crippen molar-refractivity contribution in [1.82, 2.24) is 39.7 Å². The van der Waals surface area contributed by atoms with Crippen LogP contribution < -0.4 is 4.72 Å². The summed E-state index contributed by atoms with van der Waals surface area (Å²) >= 11 is 0. The van der Waals surface area contributed by atoms with Gasteiger partial charge < -0.3 is 9.80 Å². The van der Waals surface area contributed by atoms with Crippen LogP contribution >= 0.6 is 0 Å². The highest BCUT2D eigenvalue weighted by Crippen LogP contribution is 2.18. The second-order valence-corrected chi connectivity index (χ2v) is 10.7. The molecule has 1 atom stereocenters. The lowest BCUT2D eigenvalue weighted by Crippen LogP contribution is -2.33. The van der Waals surface area contributed by atoms with E-state index in [4.69, 9.17) is 0 Å². The van der Waals surface area contributed by atoms with Gasteiger partial charge in [0.2, 0.25) is 10.0 Å². The van der Waals surface area contributed by atoms with Crippen LogP contribution in [0.25, 0.3) is 0 Å². The number of amides is 1. The summed E-state index contributed by atoms with van der Waals surface area (Å²) in [4.78, 5) is 28.7. The van der Waals surface area contributed by atoms with Crippen molar-refractivity contribution < 1.29 is 13.2 Å². The van der Waals surface area contributed by atoms with E-state index in [-0.39, 0.29) is 23.9 Å². The summed E-state index contributed by atoms with van der Waals surface area (Å²) in [6.45, 7) is 6.78. The molecule has 0 radical (unpaired) electrons. The van der Waals surface area contributed by atoms with Crippen LogP contribution in [-0.4, -0.2) is 81.7 Å². The molecule has 0 saturated carbocycles. The van der Waals surface area contributed by atoms with Gasteiger partial charge in [-0.05, 0) is 44.5 Å². The molecule has 0 bridgehead atoms. The molecular weight excluding hydrogens is 492 g/mol. The third-order valence-electron chi connectivity index (χ3n) is 6.04. The summed E-state index contributed by atoms with van der Waals surface area (Å²) < 4.78 is 28.7. The minimum absolute atomic E-state index is 0.0258. The molecule has 11 nitrogen and oxygen atoms in total. The molecule has 0 fully saturated rings. The topological polar surface area (TPSA) is 137 Å². The molecule has 0 unspecified atom stereocenters. The smallest absolute Gasteiger partial charge is 0.274 e. The summed E-state index contributed by atoms with van der Waals surface area (Å²) in [6.07, 6.45) is 6.04. The maximum Gasteiger partial charge on any atom is 0.274 e. The second kappa shape index (κ2) is 13.9. The molecule has 2 heterocycles. The number of carbonyl (C=O) groups is 1. The predicted molar refractivity (Wildman–Crippen MR) is 141 cm³/mol. The summed E-state index contributed by atoms with van der Waals surface area (Å²) in [5.41, 5.74) is 1.32. The molecule has 3 aromatic rings. The number of H-pyrrole nitrogens is 1. The molecule has 0 spiro atoms. The zero-order chi connectivity index (χ0) is 26.7. The van der Waals surface area contributed by atoms with E-state index in [1.165, 1.54) is 23.5 Å². The zero-order valence-electron chi connectivity index (χ0n) is 21.7.